The molecule has 3 aromatic rings. The molecule has 0 unspecified atom stereocenters. The van der Waals surface area contributed by atoms with Crippen molar-refractivity contribution in [2.45, 2.75) is 0 Å². The molecule has 2 N–H and O–H groups in total. The lowest BCUT2D eigenvalue weighted by Crippen LogP contribution is -2.15. The van der Waals surface area contributed by atoms with Crippen molar-refractivity contribution in [3.63, 3.8) is 0 Å². The van der Waals surface area contributed by atoms with Gasteiger partial charge in [0.2, 0.25) is 0 Å². The van der Waals surface area contributed by atoms with E-state index in [4.69, 9.17) is 28.5 Å². The molecular weight excluding hydrogens is 373 g/mol. The zero-order chi connectivity index (χ0) is 18.5. The highest BCUT2D eigenvalue weighted by atomic mass is 35.5. The third kappa shape index (κ3) is 4.09. The second-order valence-electron chi connectivity index (χ2n) is 5.17. The number of rotatable bonds is 4. The Balaban J connectivity index is 1.71. The summed E-state index contributed by atoms with van der Waals surface area (Å²) in [4.78, 5) is 12.3. The van der Waals surface area contributed by atoms with E-state index in [0.29, 0.717) is 32.8 Å². The molecule has 8 heteroatoms. The highest BCUT2D eigenvalue weighted by Gasteiger charge is 2.11. The molecule has 1 amide bonds. The third-order valence-electron chi connectivity index (χ3n) is 3.38. The SMILES string of the molecule is N#Cc1ccccc1NC(=O)c1ccc(Nc2ccc(Cl)c(Cl)c2)nn1. The molecule has 6 nitrogen and oxygen atoms in total. The van der Waals surface area contributed by atoms with E-state index in [0.717, 1.165) is 0 Å². The summed E-state index contributed by atoms with van der Waals surface area (Å²) in [5.74, 6) is -0.0151. The monoisotopic (exact) mass is 383 g/mol. The maximum absolute atomic E-state index is 12.3. The molecule has 0 bridgehead atoms. The summed E-state index contributed by atoms with van der Waals surface area (Å²) in [5, 5.41) is 23.5. The number of amides is 1. The molecular formula is C18H11Cl2N5O. The van der Waals surface area contributed by atoms with Crippen LogP contribution in [0.4, 0.5) is 17.2 Å². The number of carbonyl (C=O) groups is 1. The topological polar surface area (TPSA) is 90.7 Å². The maximum atomic E-state index is 12.3. The van der Waals surface area contributed by atoms with Crippen molar-refractivity contribution in [2.24, 2.45) is 0 Å². The van der Waals surface area contributed by atoms with E-state index in [2.05, 4.69) is 20.8 Å². The van der Waals surface area contributed by atoms with Crippen LogP contribution in [-0.4, -0.2) is 16.1 Å². The molecule has 0 fully saturated rings. The normalized spacial score (nSPS) is 10.0. The zero-order valence-corrected chi connectivity index (χ0v) is 14.7. The van der Waals surface area contributed by atoms with Gasteiger partial charge >= 0.3 is 0 Å². The van der Waals surface area contributed by atoms with E-state index in [1.54, 1.807) is 48.5 Å². The Hall–Kier alpha value is -3.14. The predicted octanol–water partition coefficient (Wildman–Crippen LogP) is 4.65. The minimum atomic E-state index is -0.457. The second-order valence-corrected chi connectivity index (χ2v) is 5.98. The number of aromatic nitrogens is 2. The lowest BCUT2D eigenvalue weighted by atomic mass is 10.2. The second kappa shape index (κ2) is 7.83. The van der Waals surface area contributed by atoms with Crippen LogP contribution < -0.4 is 10.6 Å². The molecule has 1 aromatic heterocycles. The van der Waals surface area contributed by atoms with Gasteiger partial charge in [-0.15, -0.1) is 10.2 Å². The van der Waals surface area contributed by atoms with Gasteiger partial charge in [-0.3, -0.25) is 4.79 Å². The molecule has 0 aliphatic carbocycles. The molecule has 26 heavy (non-hydrogen) atoms. The van der Waals surface area contributed by atoms with E-state index in [-0.39, 0.29) is 5.69 Å². The number of anilines is 3. The van der Waals surface area contributed by atoms with Crippen molar-refractivity contribution in [2.75, 3.05) is 10.6 Å². The molecule has 0 aliphatic rings. The lowest BCUT2D eigenvalue weighted by molar-refractivity contribution is 0.102. The van der Waals surface area contributed by atoms with Crippen molar-refractivity contribution < 1.29 is 4.79 Å². The molecule has 1 heterocycles. The number of halogens is 2. The molecule has 0 radical (unpaired) electrons. The zero-order valence-electron chi connectivity index (χ0n) is 13.2. The van der Waals surface area contributed by atoms with Gasteiger partial charge < -0.3 is 10.6 Å². The van der Waals surface area contributed by atoms with Crippen molar-refractivity contribution in [3.8, 4) is 6.07 Å². The summed E-state index contributed by atoms with van der Waals surface area (Å²) in [6.45, 7) is 0. The minimum Gasteiger partial charge on any atom is -0.339 e. The number of para-hydroxylation sites is 1. The van der Waals surface area contributed by atoms with Gasteiger partial charge in [0, 0.05) is 5.69 Å². The summed E-state index contributed by atoms with van der Waals surface area (Å²) >= 11 is 11.8. The first-order valence-corrected chi connectivity index (χ1v) is 8.18. The fourth-order valence-electron chi connectivity index (χ4n) is 2.12. The summed E-state index contributed by atoms with van der Waals surface area (Å²) in [6.07, 6.45) is 0. The van der Waals surface area contributed by atoms with Gasteiger partial charge in [0.1, 0.15) is 6.07 Å². The number of nitriles is 1. The predicted molar refractivity (Wildman–Crippen MR) is 101 cm³/mol. The van der Waals surface area contributed by atoms with Crippen LogP contribution in [0.5, 0.6) is 0 Å². The minimum absolute atomic E-state index is 0.123. The number of nitrogens with zero attached hydrogens (tertiary/aromatic N) is 3. The first-order valence-electron chi connectivity index (χ1n) is 7.43. The van der Waals surface area contributed by atoms with E-state index in [9.17, 15) is 4.79 Å². The lowest BCUT2D eigenvalue weighted by Gasteiger charge is -2.08. The van der Waals surface area contributed by atoms with Crippen LogP contribution in [0.15, 0.2) is 54.6 Å². The van der Waals surface area contributed by atoms with Crippen molar-refractivity contribution >= 4 is 46.3 Å². The Morgan fingerprint density at radius 3 is 2.50 bits per heavy atom. The Morgan fingerprint density at radius 2 is 1.81 bits per heavy atom. The number of benzene rings is 2. The molecule has 0 atom stereocenters. The summed E-state index contributed by atoms with van der Waals surface area (Å²) in [5.41, 5.74) is 1.60. The van der Waals surface area contributed by atoms with Gasteiger partial charge in [0.15, 0.2) is 11.5 Å². The first-order chi connectivity index (χ1) is 12.6. The van der Waals surface area contributed by atoms with Gasteiger partial charge in [0.25, 0.3) is 5.91 Å². The number of nitrogens with one attached hydrogen (secondary N) is 2. The van der Waals surface area contributed by atoms with Gasteiger partial charge in [0.05, 0.1) is 21.3 Å². The fraction of sp³-hybridized carbons (Fsp3) is 0. The Bertz CT molecular complexity index is 999. The van der Waals surface area contributed by atoms with Crippen LogP contribution >= 0.6 is 23.2 Å². The van der Waals surface area contributed by atoms with Crippen LogP contribution in [0.3, 0.4) is 0 Å². The van der Waals surface area contributed by atoms with Crippen molar-refractivity contribution in [1.82, 2.24) is 10.2 Å². The van der Waals surface area contributed by atoms with E-state index in [1.165, 1.54) is 6.07 Å². The van der Waals surface area contributed by atoms with E-state index >= 15 is 0 Å². The largest absolute Gasteiger partial charge is 0.339 e. The molecule has 0 saturated heterocycles. The molecule has 0 aliphatic heterocycles. The van der Waals surface area contributed by atoms with Crippen molar-refractivity contribution in [1.29, 1.82) is 5.26 Å². The summed E-state index contributed by atoms with van der Waals surface area (Å²) < 4.78 is 0. The van der Waals surface area contributed by atoms with Gasteiger partial charge in [-0.25, -0.2) is 0 Å². The van der Waals surface area contributed by atoms with E-state index < -0.39 is 5.91 Å². The number of hydrogen-bond donors (Lipinski definition) is 2. The average Bonchev–Trinajstić information content (AvgIpc) is 2.66. The van der Waals surface area contributed by atoms with Gasteiger partial charge in [-0.05, 0) is 42.5 Å². The van der Waals surface area contributed by atoms with Crippen LogP contribution in [0, 0.1) is 11.3 Å². The summed E-state index contributed by atoms with van der Waals surface area (Å²) in [7, 11) is 0. The summed E-state index contributed by atoms with van der Waals surface area (Å²) in [6, 6.07) is 16.9. The van der Waals surface area contributed by atoms with Crippen LogP contribution in [0.1, 0.15) is 16.1 Å². The Kier molecular flexibility index (Phi) is 5.32. The highest BCUT2D eigenvalue weighted by Crippen LogP contribution is 2.26. The van der Waals surface area contributed by atoms with Crippen LogP contribution in [-0.2, 0) is 0 Å². The number of carbonyl (C=O) groups excluding carboxylic acids is 1. The molecule has 0 spiro atoms. The average molecular weight is 384 g/mol. The van der Waals surface area contributed by atoms with E-state index in [1.807, 2.05) is 6.07 Å². The molecule has 2 aromatic carbocycles. The molecule has 0 saturated carbocycles. The van der Waals surface area contributed by atoms with Crippen molar-refractivity contribution in [3.05, 3.63) is 75.9 Å². The van der Waals surface area contributed by atoms with Crippen LogP contribution in [0.2, 0.25) is 10.0 Å². The van der Waals surface area contributed by atoms with Gasteiger partial charge in [-0.1, -0.05) is 35.3 Å². The smallest absolute Gasteiger partial charge is 0.276 e. The van der Waals surface area contributed by atoms with Gasteiger partial charge in [-0.2, -0.15) is 5.26 Å². The standard InChI is InChI=1S/C18H11Cl2N5O/c19-13-6-5-12(9-14(13)20)22-17-8-7-16(24-25-17)18(26)23-15-4-2-1-3-11(15)10-21/h1-9H,(H,22,25)(H,23,26). The molecule has 3 rings (SSSR count). The molecule has 128 valence electrons. The Labute approximate surface area is 159 Å². The quantitative estimate of drug-likeness (QED) is 0.683. The third-order valence-corrected chi connectivity index (χ3v) is 4.12. The highest BCUT2D eigenvalue weighted by molar-refractivity contribution is 6.42. The van der Waals surface area contributed by atoms with Crippen LogP contribution in [0.25, 0.3) is 0 Å². The maximum Gasteiger partial charge on any atom is 0.276 e. The number of hydrogen-bond acceptors (Lipinski definition) is 5. The first kappa shape index (κ1) is 17.7. The fourth-order valence-corrected chi connectivity index (χ4v) is 2.42. The Morgan fingerprint density at radius 1 is 1.00 bits per heavy atom.